The Morgan fingerprint density at radius 3 is 2.29 bits per heavy atom. The Kier molecular flexibility index (Phi) is 6.82. The third-order valence-corrected chi connectivity index (χ3v) is 7.27. The molecule has 2 aliphatic rings. The van der Waals surface area contributed by atoms with Gasteiger partial charge in [-0.05, 0) is 41.8 Å². The van der Waals surface area contributed by atoms with Gasteiger partial charge in [0.15, 0.2) is 6.61 Å². The molecule has 34 heavy (non-hydrogen) atoms. The first kappa shape index (κ1) is 22.5. The van der Waals surface area contributed by atoms with Gasteiger partial charge >= 0.3 is 0 Å². The van der Waals surface area contributed by atoms with Crippen LogP contribution in [-0.2, 0) is 11.3 Å². The molecule has 5 heteroatoms. The number of amides is 1. The minimum atomic E-state index is 0.0669. The molecule has 3 aromatic carbocycles. The van der Waals surface area contributed by atoms with E-state index in [2.05, 4.69) is 47.4 Å². The van der Waals surface area contributed by atoms with Gasteiger partial charge in [0.05, 0.1) is 7.11 Å². The fourth-order valence-electron chi connectivity index (χ4n) is 5.52. The van der Waals surface area contributed by atoms with Crippen LogP contribution >= 0.6 is 0 Å². The third-order valence-electron chi connectivity index (χ3n) is 7.27. The second-order valence-corrected chi connectivity index (χ2v) is 9.26. The quantitative estimate of drug-likeness (QED) is 0.522. The summed E-state index contributed by atoms with van der Waals surface area (Å²) >= 11 is 0. The van der Waals surface area contributed by atoms with E-state index in [0.717, 1.165) is 44.1 Å². The number of carbonyl (C=O) groups excluding carboxylic acids is 1. The molecule has 0 spiro atoms. The molecule has 0 N–H and O–H groups in total. The highest BCUT2D eigenvalue weighted by molar-refractivity contribution is 5.78. The zero-order valence-corrected chi connectivity index (χ0v) is 19.7. The lowest BCUT2D eigenvalue weighted by atomic mass is 9.81. The normalized spacial score (nSPS) is 22.3. The number of methoxy groups -OCH3 is 1. The second-order valence-electron chi connectivity index (χ2n) is 9.26. The van der Waals surface area contributed by atoms with E-state index in [4.69, 9.17) is 9.47 Å². The van der Waals surface area contributed by atoms with Crippen LogP contribution in [0.1, 0.15) is 23.5 Å². The summed E-state index contributed by atoms with van der Waals surface area (Å²) in [6.45, 7) is 3.57. The van der Waals surface area contributed by atoms with Gasteiger partial charge in [0.2, 0.25) is 0 Å². The fourth-order valence-corrected chi connectivity index (χ4v) is 5.52. The summed E-state index contributed by atoms with van der Waals surface area (Å²) in [5.41, 5.74) is 2.66. The maximum absolute atomic E-state index is 13.0. The maximum Gasteiger partial charge on any atom is 0.260 e. The third kappa shape index (κ3) is 4.95. The molecule has 3 atom stereocenters. The van der Waals surface area contributed by atoms with E-state index in [0.29, 0.717) is 17.9 Å². The number of rotatable bonds is 7. The first-order valence-corrected chi connectivity index (χ1v) is 12.1. The summed E-state index contributed by atoms with van der Waals surface area (Å²) in [5, 5.41) is 0. The molecule has 2 saturated heterocycles. The number of likely N-dealkylation sites (tertiary alicyclic amines) is 2. The van der Waals surface area contributed by atoms with Gasteiger partial charge in [-0.25, -0.2) is 0 Å². The zero-order valence-electron chi connectivity index (χ0n) is 19.7. The number of hydrogen-bond acceptors (Lipinski definition) is 4. The van der Waals surface area contributed by atoms with Crippen molar-refractivity contribution < 1.29 is 14.3 Å². The molecule has 0 aromatic heterocycles. The predicted molar refractivity (Wildman–Crippen MR) is 133 cm³/mol. The number of ether oxygens (including phenoxy) is 2. The fraction of sp³-hybridized carbons (Fsp3) is 0.345. The van der Waals surface area contributed by atoms with Crippen molar-refractivity contribution in [2.45, 2.75) is 24.9 Å². The largest absolute Gasteiger partial charge is 0.497 e. The topological polar surface area (TPSA) is 42.0 Å². The van der Waals surface area contributed by atoms with Crippen LogP contribution in [0.25, 0.3) is 0 Å². The summed E-state index contributed by atoms with van der Waals surface area (Å²) in [6, 6.07) is 29.2. The van der Waals surface area contributed by atoms with E-state index in [1.807, 2.05) is 47.4 Å². The van der Waals surface area contributed by atoms with Crippen molar-refractivity contribution in [3.05, 3.63) is 96.1 Å². The Morgan fingerprint density at radius 2 is 1.59 bits per heavy atom. The van der Waals surface area contributed by atoms with Gasteiger partial charge in [-0.2, -0.15) is 0 Å². The molecule has 1 amide bonds. The van der Waals surface area contributed by atoms with E-state index >= 15 is 0 Å². The van der Waals surface area contributed by atoms with Gasteiger partial charge in [-0.15, -0.1) is 0 Å². The Balaban J connectivity index is 1.32. The molecule has 2 heterocycles. The highest BCUT2D eigenvalue weighted by Crippen LogP contribution is 2.42. The molecule has 0 unspecified atom stereocenters. The van der Waals surface area contributed by atoms with Crippen LogP contribution in [-0.4, -0.2) is 55.1 Å². The number of para-hydroxylation sites is 1. The number of piperidine rings is 1. The summed E-state index contributed by atoms with van der Waals surface area (Å²) in [4.78, 5) is 17.7. The lowest BCUT2D eigenvalue weighted by molar-refractivity contribution is -0.135. The highest BCUT2D eigenvalue weighted by Gasteiger charge is 2.45. The average molecular weight is 457 g/mol. The van der Waals surface area contributed by atoms with Crippen LogP contribution in [0.5, 0.6) is 11.5 Å². The summed E-state index contributed by atoms with van der Waals surface area (Å²) in [6.07, 6.45) is 0.987. The Hall–Kier alpha value is -3.31. The van der Waals surface area contributed by atoms with Crippen molar-refractivity contribution in [2.75, 3.05) is 33.4 Å². The number of nitrogens with zero attached hydrogens (tertiary/aromatic N) is 2. The summed E-state index contributed by atoms with van der Waals surface area (Å²) in [7, 11) is 1.70. The van der Waals surface area contributed by atoms with Crippen LogP contribution in [0.15, 0.2) is 84.9 Å². The van der Waals surface area contributed by atoms with Crippen molar-refractivity contribution >= 4 is 5.91 Å². The first-order valence-electron chi connectivity index (χ1n) is 12.1. The number of carbonyl (C=O) groups is 1. The number of benzene rings is 3. The molecule has 2 aliphatic heterocycles. The van der Waals surface area contributed by atoms with Gasteiger partial charge in [0.1, 0.15) is 11.5 Å². The predicted octanol–water partition coefficient (Wildman–Crippen LogP) is 4.59. The molecule has 0 bridgehead atoms. The molecular weight excluding hydrogens is 424 g/mol. The van der Waals surface area contributed by atoms with Crippen LogP contribution in [0.3, 0.4) is 0 Å². The SMILES string of the molecule is COc1ccc([C@H]2CN(Cc3ccccc3)[C@@H]3CCN(C(=O)COc4ccccc4)C[C@H]23)cc1. The maximum atomic E-state index is 13.0. The van der Waals surface area contributed by atoms with Gasteiger partial charge < -0.3 is 14.4 Å². The van der Waals surface area contributed by atoms with Gasteiger partial charge in [0, 0.05) is 44.1 Å². The monoisotopic (exact) mass is 456 g/mol. The van der Waals surface area contributed by atoms with Crippen LogP contribution in [0.4, 0.5) is 0 Å². The molecular formula is C29H32N2O3. The van der Waals surface area contributed by atoms with Crippen LogP contribution in [0.2, 0.25) is 0 Å². The molecule has 176 valence electrons. The van der Waals surface area contributed by atoms with Crippen LogP contribution in [0, 0.1) is 5.92 Å². The molecule has 0 aliphatic carbocycles. The van der Waals surface area contributed by atoms with Crippen molar-refractivity contribution in [3.8, 4) is 11.5 Å². The number of hydrogen-bond donors (Lipinski definition) is 0. The summed E-state index contributed by atoms with van der Waals surface area (Å²) < 4.78 is 11.1. The Morgan fingerprint density at radius 1 is 0.882 bits per heavy atom. The zero-order chi connectivity index (χ0) is 23.3. The summed E-state index contributed by atoms with van der Waals surface area (Å²) in [5.74, 6) is 2.45. The smallest absolute Gasteiger partial charge is 0.260 e. The molecule has 0 saturated carbocycles. The van der Waals surface area contributed by atoms with E-state index in [9.17, 15) is 4.79 Å². The van der Waals surface area contributed by atoms with Gasteiger partial charge in [0.25, 0.3) is 5.91 Å². The molecule has 0 radical (unpaired) electrons. The van der Waals surface area contributed by atoms with Crippen molar-refractivity contribution in [1.29, 1.82) is 0 Å². The Bertz CT molecular complexity index is 1070. The molecule has 3 aromatic rings. The standard InChI is InChI=1S/C29H32N2O3/c1-33-24-14-12-23(13-15-24)26-19-31(18-22-8-4-2-5-9-22)28-16-17-30(20-27(26)28)29(32)21-34-25-10-6-3-7-11-25/h2-15,26-28H,16-21H2,1H3/t26-,27-,28-/m1/s1. The lowest BCUT2D eigenvalue weighted by Crippen LogP contribution is -2.49. The van der Waals surface area contributed by atoms with Gasteiger partial charge in [-0.1, -0.05) is 60.7 Å². The van der Waals surface area contributed by atoms with Crippen LogP contribution < -0.4 is 9.47 Å². The molecule has 5 nitrogen and oxygen atoms in total. The number of fused-ring (bicyclic) bond motifs is 1. The first-order chi connectivity index (χ1) is 16.7. The van der Waals surface area contributed by atoms with Gasteiger partial charge in [-0.3, -0.25) is 9.69 Å². The minimum Gasteiger partial charge on any atom is -0.497 e. The lowest BCUT2D eigenvalue weighted by Gasteiger charge is -2.39. The minimum absolute atomic E-state index is 0.0669. The van der Waals surface area contributed by atoms with E-state index in [1.54, 1.807) is 7.11 Å². The Labute approximate surface area is 201 Å². The van der Waals surface area contributed by atoms with E-state index < -0.39 is 0 Å². The van der Waals surface area contributed by atoms with Crippen molar-refractivity contribution in [1.82, 2.24) is 9.80 Å². The average Bonchev–Trinajstić information content (AvgIpc) is 3.26. The second kappa shape index (κ2) is 10.3. The van der Waals surface area contributed by atoms with E-state index in [1.165, 1.54) is 11.1 Å². The highest BCUT2D eigenvalue weighted by atomic mass is 16.5. The van der Waals surface area contributed by atoms with E-state index in [-0.39, 0.29) is 12.5 Å². The molecule has 2 fully saturated rings. The van der Waals surface area contributed by atoms with Crippen molar-refractivity contribution in [2.24, 2.45) is 5.92 Å². The van der Waals surface area contributed by atoms with Crippen molar-refractivity contribution in [3.63, 3.8) is 0 Å². The molecule has 5 rings (SSSR count).